The van der Waals surface area contributed by atoms with Crippen LogP contribution in [0.15, 0.2) is 24.3 Å². The molecule has 0 saturated carbocycles. The summed E-state index contributed by atoms with van der Waals surface area (Å²) < 4.78 is 7.04. The van der Waals surface area contributed by atoms with Crippen LogP contribution in [0.3, 0.4) is 0 Å². The van der Waals surface area contributed by atoms with Gasteiger partial charge in [-0.25, -0.2) is 9.50 Å². The third-order valence-electron chi connectivity index (χ3n) is 5.11. The van der Waals surface area contributed by atoms with Gasteiger partial charge in [0.1, 0.15) is 5.75 Å². The summed E-state index contributed by atoms with van der Waals surface area (Å²) in [6.07, 6.45) is 0. The lowest BCUT2D eigenvalue weighted by Crippen LogP contribution is -2.48. The molecule has 0 unspecified atom stereocenters. The first-order valence-electron chi connectivity index (χ1n) is 9.49. The van der Waals surface area contributed by atoms with Crippen LogP contribution in [0, 0.1) is 13.8 Å². The number of methoxy groups -OCH3 is 1. The van der Waals surface area contributed by atoms with Gasteiger partial charge in [-0.15, -0.1) is 5.10 Å². The van der Waals surface area contributed by atoms with Crippen LogP contribution in [0.2, 0.25) is 5.02 Å². The number of fused-ring (bicyclic) bond motifs is 1. The minimum absolute atomic E-state index is 0.160. The zero-order valence-corrected chi connectivity index (χ0v) is 17.5. The largest absolute Gasteiger partial charge is 0.496 e. The number of aromatic nitrogens is 4. The molecule has 0 spiro atoms. The minimum atomic E-state index is -0.160. The van der Waals surface area contributed by atoms with E-state index in [1.807, 2.05) is 38.1 Å². The fourth-order valence-electron chi connectivity index (χ4n) is 3.62. The summed E-state index contributed by atoms with van der Waals surface area (Å²) in [6, 6.07) is 7.54. The van der Waals surface area contributed by atoms with Crippen molar-refractivity contribution in [2.24, 2.45) is 0 Å². The highest BCUT2D eigenvalue weighted by Gasteiger charge is 2.26. The molecule has 3 aromatic rings. The Kier molecular flexibility index (Phi) is 5.38. The number of nitrogens with zero attached hydrogens (tertiary/aromatic N) is 6. The molecule has 1 aromatic carbocycles. The topological polar surface area (TPSA) is 75.9 Å². The fraction of sp³-hybridized carbons (Fsp3) is 0.400. The average Bonchev–Trinajstić information content (AvgIpc) is 3.13. The Morgan fingerprint density at radius 3 is 2.62 bits per heavy atom. The number of benzene rings is 1. The molecule has 1 fully saturated rings. The van der Waals surface area contributed by atoms with Gasteiger partial charge in [-0.05, 0) is 38.1 Å². The summed E-state index contributed by atoms with van der Waals surface area (Å²) in [5.41, 5.74) is 2.80. The predicted molar refractivity (Wildman–Crippen MR) is 109 cm³/mol. The van der Waals surface area contributed by atoms with Crippen molar-refractivity contribution in [2.75, 3.05) is 33.3 Å². The molecular weight excluding hydrogens is 392 g/mol. The van der Waals surface area contributed by atoms with Gasteiger partial charge in [0.2, 0.25) is 5.82 Å². The van der Waals surface area contributed by atoms with Gasteiger partial charge in [0.25, 0.3) is 11.7 Å². The van der Waals surface area contributed by atoms with Gasteiger partial charge in [-0.2, -0.15) is 4.98 Å². The van der Waals surface area contributed by atoms with E-state index in [1.54, 1.807) is 16.5 Å². The normalized spacial score (nSPS) is 15.1. The van der Waals surface area contributed by atoms with E-state index >= 15 is 0 Å². The maximum Gasteiger partial charge on any atom is 0.293 e. The third-order valence-corrected chi connectivity index (χ3v) is 5.34. The molecule has 0 atom stereocenters. The van der Waals surface area contributed by atoms with Crippen molar-refractivity contribution in [2.45, 2.75) is 20.4 Å². The molecule has 3 heterocycles. The van der Waals surface area contributed by atoms with Gasteiger partial charge in [0.05, 0.1) is 7.11 Å². The summed E-state index contributed by atoms with van der Waals surface area (Å²) in [5, 5.41) is 5.04. The first kappa shape index (κ1) is 19.6. The lowest BCUT2D eigenvalue weighted by atomic mass is 10.1. The number of aryl methyl sites for hydroxylation is 2. The second-order valence-electron chi connectivity index (χ2n) is 7.21. The van der Waals surface area contributed by atoms with Gasteiger partial charge in [0, 0.05) is 54.7 Å². The van der Waals surface area contributed by atoms with E-state index in [9.17, 15) is 4.79 Å². The van der Waals surface area contributed by atoms with Gasteiger partial charge in [0.15, 0.2) is 0 Å². The van der Waals surface area contributed by atoms with Crippen LogP contribution in [0.1, 0.15) is 27.6 Å². The number of hydrogen-bond acceptors (Lipinski definition) is 6. The molecule has 0 bridgehead atoms. The molecule has 1 amide bonds. The molecule has 1 saturated heterocycles. The molecule has 0 aliphatic carbocycles. The third kappa shape index (κ3) is 4.04. The molecular formula is C20H23ClN6O2. The highest BCUT2D eigenvalue weighted by Crippen LogP contribution is 2.24. The first-order valence-corrected chi connectivity index (χ1v) is 9.87. The quantitative estimate of drug-likeness (QED) is 0.652. The number of halogens is 1. The highest BCUT2D eigenvalue weighted by molar-refractivity contribution is 6.30. The van der Waals surface area contributed by atoms with E-state index in [0.717, 1.165) is 42.3 Å². The monoisotopic (exact) mass is 414 g/mol. The standard InChI is InChI=1S/C20H23ClN6O2/c1-13-10-14(2)27-20(22-13)23-18(24-27)19(28)26-8-6-25(7-9-26)12-15-11-16(21)4-5-17(15)29-3/h4-5,10-11H,6-9,12H2,1-3H3. The minimum Gasteiger partial charge on any atom is -0.496 e. The molecule has 1 aliphatic heterocycles. The summed E-state index contributed by atoms with van der Waals surface area (Å²) in [5.74, 6) is 1.31. The molecule has 2 aromatic heterocycles. The molecule has 0 radical (unpaired) electrons. The Bertz CT molecular complexity index is 1060. The maximum atomic E-state index is 12.9. The highest BCUT2D eigenvalue weighted by atomic mass is 35.5. The smallest absolute Gasteiger partial charge is 0.293 e. The number of carbonyl (C=O) groups excluding carboxylic acids is 1. The number of amides is 1. The van der Waals surface area contributed by atoms with Crippen LogP contribution in [0.25, 0.3) is 5.78 Å². The summed E-state index contributed by atoms with van der Waals surface area (Å²) in [7, 11) is 1.66. The number of ether oxygens (including phenoxy) is 1. The molecule has 29 heavy (non-hydrogen) atoms. The first-order chi connectivity index (χ1) is 13.9. The lowest BCUT2D eigenvalue weighted by molar-refractivity contribution is 0.0616. The zero-order chi connectivity index (χ0) is 20.5. The Hall–Kier alpha value is -2.71. The number of piperazine rings is 1. The van der Waals surface area contributed by atoms with Crippen molar-refractivity contribution in [3.8, 4) is 5.75 Å². The van der Waals surface area contributed by atoms with E-state index in [0.29, 0.717) is 23.9 Å². The summed E-state index contributed by atoms with van der Waals surface area (Å²) >= 11 is 6.13. The van der Waals surface area contributed by atoms with Crippen LogP contribution in [0.4, 0.5) is 0 Å². The van der Waals surface area contributed by atoms with Crippen molar-refractivity contribution >= 4 is 23.3 Å². The Morgan fingerprint density at radius 2 is 1.90 bits per heavy atom. The molecule has 9 heteroatoms. The zero-order valence-electron chi connectivity index (χ0n) is 16.7. The SMILES string of the molecule is COc1ccc(Cl)cc1CN1CCN(C(=O)c2nc3nc(C)cc(C)n3n2)CC1. The van der Waals surface area contributed by atoms with E-state index < -0.39 is 0 Å². The Morgan fingerprint density at radius 1 is 1.14 bits per heavy atom. The van der Waals surface area contributed by atoms with Crippen LogP contribution >= 0.6 is 11.6 Å². The Balaban J connectivity index is 1.43. The molecule has 8 nitrogen and oxygen atoms in total. The van der Waals surface area contributed by atoms with E-state index in [1.165, 1.54) is 0 Å². The van der Waals surface area contributed by atoms with Gasteiger partial charge >= 0.3 is 0 Å². The van der Waals surface area contributed by atoms with E-state index in [2.05, 4.69) is 20.0 Å². The van der Waals surface area contributed by atoms with Crippen LogP contribution in [0.5, 0.6) is 5.75 Å². The van der Waals surface area contributed by atoms with Crippen LogP contribution < -0.4 is 4.74 Å². The van der Waals surface area contributed by atoms with E-state index in [4.69, 9.17) is 16.3 Å². The fourth-order valence-corrected chi connectivity index (χ4v) is 3.81. The second kappa shape index (κ2) is 7.96. The van der Waals surface area contributed by atoms with Gasteiger partial charge in [-0.3, -0.25) is 9.69 Å². The Labute approximate surface area is 174 Å². The predicted octanol–water partition coefficient (Wildman–Crippen LogP) is 2.36. The van der Waals surface area contributed by atoms with Gasteiger partial charge < -0.3 is 9.64 Å². The van der Waals surface area contributed by atoms with Crippen molar-refractivity contribution in [3.63, 3.8) is 0 Å². The molecule has 4 rings (SSSR count). The van der Waals surface area contributed by atoms with Crippen molar-refractivity contribution in [1.29, 1.82) is 0 Å². The number of hydrogen-bond donors (Lipinski definition) is 0. The van der Waals surface area contributed by atoms with Crippen LogP contribution in [-0.4, -0.2) is 68.6 Å². The second-order valence-corrected chi connectivity index (χ2v) is 7.65. The molecule has 152 valence electrons. The molecule has 1 aliphatic rings. The maximum absolute atomic E-state index is 12.9. The number of carbonyl (C=O) groups is 1. The van der Waals surface area contributed by atoms with Gasteiger partial charge in [-0.1, -0.05) is 11.6 Å². The van der Waals surface area contributed by atoms with Crippen molar-refractivity contribution in [1.82, 2.24) is 29.4 Å². The van der Waals surface area contributed by atoms with Crippen molar-refractivity contribution < 1.29 is 9.53 Å². The van der Waals surface area contributed by atoms with E-state index in [-0.39, 0.29) is 11.7 Å². The molecule has 0 N–H and O–H groups in total. The lowest BCUT2D eigenvalue weighted by Gasteiger charge is -2.34. The summed E-state index contributed by atoms with van der Waals surface area (Å²) in [6.45, 7) is 7.29. The number of rotatable bonds is 4. The van der Waals surface area contributed by atoms with Crippen molar-refractivity contribution in [3.05, 3.63) is 52.1 Å². The van der Waals surface area contributed by atoms with Crippen LogP contribution in [-0.2, 0) is 6.54 Å². The summed E-state index contributed by atoms with van der Waals surface area (Å²) in [4.78, 5) is 25.6. The average molecular weight is 415 g/mol.